The number of esters is 1. The number of rotatable bonds is 13. The smallest absolute Gasteiger partial charge is 0.308 e. The molecule has 0 radical (unpaired) electrons. The number of sulfonamides is 1. The second-order valence-corrected chi connectivity index (χ2v) is 12.6. The first kappa shape index (κ1) is 32.9. The van der Waals surface area contributed by atoms with Crippen molar-refractivity contribution in [2.75, 3.05) is 32.2 Å². The van der Waals surface area contributed by atoms with Crippen molar-refractivity contribution in [1.82, 2.24) is 4.31 Å². The molecule has 3 aromatic carbocycles. The Kier molecular flexibility index (Phi) is 11.4. The van der Waals surface area contributed by atoms with Gasteiger partial charge in [0.15, 0.2) is 0 Å². The lowest BCUT2D eigenvalue weighted by Crippen LogP contribution is -2.37. The van der Waals surface area contributed by atoms with Crippen LogP contribution in [0.1, 0.15) is 55.5 Å². The maximum Gasteiger partial charge on any atom is 0.308 e. The summed E-state index contributed by atoms with van der Waals surface area (Å²) in [7, 11) is -2.84. The average Bonchev–Trinajstić information content (AvgIpc) is 3.02. The van der Waals surface area contributed by atoms with E-state index in [0.717, 1.165) is 12.1 Å². The molecule has 0 atom stereocenters. The van der Waals surface area contributed by atoms with E-state index in [1.807, 2.05) is 6.92 Å². The lowest BCUT2D eigenvalue weighted by atomic mass is 9.82. The zero-order valence-corrected chi connectivity index (χ0v) is 26.1. The molecule has 1 N–H and O–H groups in total. The quantitative estimate of drug-likeness (QED) is 0.230. The van der Waals surface area contributed by atoms with E-state index in [1.54, 1.807) is 62.6 Å². The van der Waals surface area contributed by atoms with E-state index < -0.39 is 26.6 Å². The van der Waals surface area contributed by atoms with Crippen molar-refractivity contribution in [2.24, 2.45) is 11.8 Å². The van der Waals surface area contributed by atoms with Gasteiger partial charge in [-0.2, -0.15) is 4.31 Å². The summed E-state index contributed by atoms with van der Waals surface area (Å²) in [5, 5.41) is 2.72. The number of hydrogen-bond donors (Lipinski definition) is 1. The Morgan fingerprint density at radius 1 is 0.909 bits per heavy atom. The van der Waals surface area contributed by atoms with Gasteiger partial charge in [-0.25, -0.2) is 12.8 Å². The number of nitrogens with zero attached hydrogens (tertiary/aromatic N) is 1. The minimum Gasteiger partial charge on any atom is -0.497 e. The predicted molar refractivity (Wildman–Crippen MR) is 165 cm³/mol. The molecule has 0 saturated heterocycles. The van der Waals surface area contributed by atoms with Gasteiger partial charge in [-0.15, -0.1) is 0 Å². The van der Waals surface area contributed by atoms with Crippen LogP contribution in [0.2, 0.25) is 0 Å². The van der Waals surface area contributed by atoms with Crippen LogP contribution in [-0.2, 0) is 26.1 Å². The minimum absolute atomic E-state index is 0.00166. The van der Waals surface area contributed by atoms with Crippen molar-refractivity contribution in [1.29, 1.82) is 0 Å². The summed E-state index contributed by atoms with van der Waals surface area (Å²) in [6, 6.07) is 17.1. The largest absolute Gasteiger partial charge is 0.497 e. The van der Waals surface area contributed by atoms with Crippen LogP contribution in [0.3, 0.4) is 0 Å². The summed E-state index contributed by atoms with van der Waals surface area (Å²) < 4.78 is 60.5. The number of hydrogen-bond acceptors (Lipinski definition) is 7. The maximum absolute atomic E-state index is 15.2. The van der Waals surface area contributed by atoms with Gasteiger partial charge >= 0.3 is 5.97 Å². The van der Waals surface area contributed by atoms with E-state index in [0.29, 0.717) is 61.6 Å². The SMILES string of the molecule is CCOC(=O)C1CCC(CN(Cc2ccc(OC)cc2)S(=O)(=O)c2cc(C(=O)Nc3ccc(OCC)cc3)ccc2F)CC1. The van der Waals surface area contributed by atoms with Gasteiger partial charge in [0.2, 0.25) is 10.0 Å². The molecule has 0 spiro atoms. The molecular weight excluding hydrogens is 587 g/mol. The number of nitrogens with one attached hydrogen (secondary N) is 1. The van der Waals surface area contributed by atoms with E-state index in [9.17, 15) is 18.0 Å². The Morgan fingerprint density at radius 3 is 2.18 bits per heavy atom. The van der Waals surface area contributed by atoms with Crippen LogP contribution < -0.4 is 14.8 Å². The first-order valence-corrected chi connectivity index (χ1v) is 16.2. The number of amides is 1. The van der Waals surface area contributed by atoms with Crippen LogP contribution >= 0.6 is 0 Å². The van der Waals surface area contributed by atoms with Gasteiger partial charge in [0.05, 0.1) is 26.2 Å². The van der Waals surface area contributed by atoms with Crippen molar-refractivity contribution in [3.63, 3.8) is 0 Å². The van der Waals surface area contributed by atoms with Crippen LogP contribution in [0, 0.1) is 17.7 Å². The van der Waals surface area contributed by atoms with E-state index in [4.69, 9.17) is 14.2 Å². The van der Waals surface area contributed by atoms with Gasteiger partial charge < -0.3 is 19.5 Å². The molecule has 1 aliphatic rings. The van der Waals surface area contributed by atoms with Gasteiger partial charge in [0.1, 0.15) is 22.2 Å². The summed E-state index contributed by atoms with van der Waals surface area (Å²) in [6.07, 6.45) is 2.45. The third-order valence-electron chi connectivity index (χ3n) is 7.68. The summed E-state index contributed by atoms with van der Waals surface area (Å²) in [6.45, 7) is 4.57. The normalized spacial score (nSPS) is 16.8. The molecule has 1 amide bonds. The zero-order valence-electron chi connectivity index (χ0n) is 25.3. The van der Waals surface area contributed by atoms with Crippen LogP contribution in [0.4, 0.5) is 10.1 Å². The summed E-state index contributed by atoms with van der Waals surface area (Å²) >= 11 is 0. The zero-order chi connectivity index (χ0) is 31.7. The Labute approximate surface area is 258 Å². The summed E-state index contributed by atoms with van der Waals surface area (Å²) in [4.78, 5) is 24.7. The third-order valence-corrected chi connectivity index (χ3v) is 9.51. The molecular formula is C33H39FN2O7S. The summed E-state index contributed by atoms with van der Waals surface area (Å²) in [5.41, 5.74) is 1.17. The standard InChI is InChI=1S/C33H39FN2O7S/c1-4-42-29-17-13-27(14-18-29)35-32(37)26-12-19-30(34)31(20-26)44(39,40)36(22-24-8-15-28(41-3)16-9-24)21-23-6-10-25(11-7-23)33(38)43-5-2/h8-9,12-20,23,25H,4-7,10-11,21-22H2,1-3H3,(H,35,37). The molecule has 1 fully saturated rings. The number of halogens is 1. The fourth-order valence-corrected chi connectivity index (χ4v) is 6.89. The molecule has 0 heterocycles. The number of carbonyl (C=O) groups is 2. The highest BCUT2D eigenvalue weighted by Gasteiger charge is 2.34. The van der Waals surface area contributed by atoms with Crippen LogP contribution in [0.25, 0.3) is 0 Å². The lowest BCUT2D eigenvalue weighted by Gasteiger charge is -2.32. The van der Waals surface area contributed by atoms with Crippen LogP contribution in [0.5, 0.6) is 11.5 Å². The van der Waals surface area contributed by atoms with E-state index >= 15 is 4.39 Å². The number of carbonyl (C=O) groups excluding carboxylic acids is 2. The number of benzene rings is 3. The first-order valence-electron chi connectivity index (χ1n) is 14.8. The Hall–Kier alpha value is -3.96. The molecule has 1 saturated carbocycles. The molecule has 11 heteroatoms. The van der Waals surface area contributed by atoms with Gasteiger partial charge in [0, 0.05) is 24.3 Å². The van der Waals surface area contributed by atoms with E-state index in [2.05, 4.69) is 5.32 Å². The maximum atomic E-state index is 15.2. The van der Waals surface area contributed by atoms with Gasteiger partial charge in [-0.3, -0.25) is 9.59 Å². The molecule has 0 bridgehead atoms. The fourth-order valence-electron chi connectivity index (χ4n) is 5.30. The van der Waals surface area contributed by atoms with Gasteiger partial charge in [-0.05, 0) is 106 Å². The molecule has 3 aromatic rings. The van der Waals surface area contributed by atoms with Crippen molar-refractivity contribution in [3.05, 3.63) is 83.7 Å². The average molecular weight is 627 g/mol. The van der Waals surface area contributed by atoms with Crippen LogP contribution in [-0.4, -0.2) is 51.5 Å². The Bertz CT molecular complexity index is 1520. The molecule has 4 rings (SSSR count). The Morgan fingerprint density at radius 2 is 1.57 bits per heavy atom. The highest BCUT2D eigenvalue weighted by Crippen LogP contribution is 2.33. The van der Waals surface area contributed by atoms with E-state index in [1.165, 1.54) is 10.4 Å². The minimum atomic E-state index is -4.39. The monoisotopic (exact) mass is 626 g/mol. The molecule has 1 aliphatic carbocycles. The molecule has 236 valence electrons. The summed E-state index contributed by atoms with van der Waals surface area (Å²) in [5.74, 6) is -0.734. The highest BCUT2D eigenvalue weighted by molar-refractivity contribution is 7.89. The second-order valence-electron chi connectivity index (χ2n) is 10.7. The topological polar surface area (TPSA) is 111 Å². The van der Waals surface area contributed by atoms with Crippen molar-refractivity contribution >= 4 is 27.6 Å². The predicted octanol–water partition coefficient (Wildman–Crippen LogP) is 6.05. The number of methoxy groups -OCH3 is 1. The Balaban J connectivity index is 1.57. The van der Waals surface area contributed by atoms with Crippen molar-refractivity contribution < 1.29 is 36.6 Å². The van der Waals surface area contributed by atoms with E-state index in [-0.39, 0.29) is 36.5 Å². The number of ether oxygens (including phenoxy) is 3. The van der Waals surface area contributed by atoms with Crippen molar-refractivity contribution in [3.8, 4) is 11.5 Å². The van der Waals surface area contributed by atoms with Gasteiger partial charge in [-0.1, -0.05) is 12.1 Å². The van der Waals surface area contributed by atoms with Crippen LogP contribution in [0.15, 0.2) is 71.6 Å². The lowest BCUT2D eigenvalue weighted by molar-refractivity contribution is -0.149. The molecule has 44 heavy (non-hydrogen) atoms. The molecule has 0 aromatic heterocycles. The fraction of sp³-hybridized carbons (Fsp3) is 0.394. The highest BCUT2D eigenvalue weighted by atomic mass is 32.2. The van der Waals surface area contributed by atoms with Gasteiger partial charge in [0.25, 0.3) is 5.91 Å². The molecule has 0 unspecified atom stereocenters. The first-order chi connectivity index (χ1) is 21.1. The second kappa shape index (κ2) is 15.2. The third kappa shape index (κ3) is 8.35. The van der Waals surface area contributed by atoms with Crippen molar-refractivity contribution in [2.45, 2.75) is 51.0 Å². The molecule has 0 aliphatic heterocycles. The molecule has 9 nitrogen and oxygen atoms in total. The number of anilines is 1.